The Labute approximate surface area is 152 Å². The first-order valence-corrected chi connectivity index (χ1v) is 9.36. The minimum absolute atomic E-state index is 0.00474. The normalized spacial score (nSPS) is 24.0. The number of nitrogens with zero attached hydrogens (tertiary/aromatic N) is 1. The number of benzene rings is 1. The summed E-state index contributed by atoms with van der Waals surface area (Å²) in [7, 11) is 0. The zero-order valence-corrected chi connectivity index (χ0v) is 16.4. The van der Waals surface area contributed by atoms with Crippen molar-refractivity contribution in [3.05, 3.63) is 40.7 Å². The van der Waals surface area contributed by atoms with Gasteiger partial charge >= 0.3 is 5.97 Å². The second-order valence-corrected chi connectivity index (χ2v) is 8.86. The van der Waals surface area contributed by atoms with Gasteiger partial charge in [0.15, 0.2) is 5.69 Å². The van der Waals surface area contributed by atoms with Crippen LogP contribution in [-0.2, 0) is 10.2 Å². The van der Waals surface area contributed by atoms with E-state index in [9.17, 15) is 4.79 Å². The lowest BCUT2D eigenvalue weighted by atomic mass is 9.75. The molecule has 0 saturated heterocycles. The van der Waals surface area contributed by atoms with E-state index in [1.807, 2.05) is 6.07 Å². The molecule has 0 N–H and O–H groups in total. The molecule has 0 spiro atoms. The van der Waals surface area contributed by atoms with Crippen LogP contribution in [0.15, 0.2) is 18.2 Å². The standard InChI is InChI=1S/C22H31NO2/c1-14(2)17-10-8-15(3)12-20(17)25-21(24)16-9-11-19(23-7)18(13-16)22(4,5)6/h9,11,13-15,17,20H,8,10,12H2,1-6H3/t15-,17+,20+/m1/s1. The molecule has 0 bridgehead atoms. The maximum absolute atomic E-state index is 12.8. The van der Waals surface area contributed by atoms with Gasteiger partial charge in [-0.15, -0.1) is 0 Å². The van der Waals surface area contributed by atoms with Gasteiger partial charge in [-0.2, -0.15) is 0 Å². The molecule has 0 unspecified atom stereocenters. The summed E-state index contributed by atoms with van der Waals surface area (Å²) >= 11 is 0. The second-order valence-electron chi connectivity index (χ2n) is 8.86. The maximum Gasteiger partial charge on any atom is 0.338 e. The van der Waals surface area contributed by atoms with E-state index in [1.165, 1.54) is 6.42 Å². The first-order valence-electron chi connectivity index (χ1n) is 9.36. The Kier molecular flexibility index (Phi) is 5.93. The van der Waals surface area contributed by atoms with Crippen molar-refractivity contribution in [2.24, 2.45) is 17.8 Å². The molecule has 3 nitrogen and oxygen atoms in total. The van der Waals surface area contributed by atoms with Gasteiger partial charge in [-0.1, -0.05) is 66.2 Å². The van der Waals surface area contributed by atoms with Crippen molar-refractivity contribution in [3.63, 3.8) is 0 Å². The molecular weight excluding hydrogens is 310 g/mol. The van der Waals surface area contributed by atoms with Crippen molar-refractivity contribution < 1.29 is 9.53 Å². The van der Waals surface area contributed by atoms with Crippen LogP contribution in [0.1, 0.15) is 76.7 Å². The lowest BCUT2D eigenvalue weighted by Gasteiger charge is -2.36. The van der Waals surface area contributed by atoms with Gasteiger partial charge in [0.1, 0.15) is 6.10 Å². The van der Waals surface area contributed by atoms with Crippen LogP contribution in [0.25, 0.3) is 4.85 Å². The maximum atomic E-state index is 12.8. The van der Waals surface area contributed by atoms with Crippen LogP contribution < -0.4 is 0 Å². The molecule has 25 heavy (non-hydrogen) atoms. The minimum Gasteiger partial charge on any atom is -0.458 e. The zero-order chi connectivity index (χ0) is 18.8. The quantitative estimate of drug-likeness (QED) is 0.487. The first kappa shape index (κ1) is 19.5. The van der Waals surface area contributed by atoms with Crippen LogP contribution in [0.5, 0.6) is 0 Å². The molecule has 1 aliphatic rings. The smallest absolute Gasteiger partial charge is 0.338 e. The fraction of sp³-hybridized carbons (Fsp3) is 0.636. The Bertz CT molecular complexity index is 664. The second kappa shape index (κ2) is 7.60. The van der Waals surface area contributed by atoms with Crippen molar-refractivity contribution in [2.45, 2.75) is 72.3 Å². The van der Waals surface area contributed by atoms with Crippen LogP contribution >= 0.6 is 0 Å². The van der Waals surface area contributed by atoms with Crippen LogP contribution in [0.4, 0.5) is 5.69 Å². The topological polar surface area (TPSA) is 30.7 Å². The van der Waals surface area contributed by atoms with Gasteiger partial charge in [-0.25, -0.2) is 9.64 Å². The Morgan fingerprint density at radius 1 is 1.28 bits per heavy atom. The molecule has 0 amide bonds. The van der Waals surface area contributed by atoms with Gasteiger partial charge < -0.3 is 4.74 Å². The van der Waals surface area contributed by atoms with E-state index in [1.54, 1.807) is 12.1 Å². The highest BCUT2D eigenvalue weighted by molar-refractivity contribution is 5.90. The van der Waals surface area contributed by atoms with E-state index in [0.717, 1.165) is 18.4 Å². The molecule has 1 aromatic carbocycles. The van der Waals surface area contributed by atoms with Gasteiger partial charge in [-0.3, -0.25) is 0 Å². The molecule has 0 radical (unpaired) electrons. The molecule has 0 aliphatic heterocycles. The lowest BCUT2D eigenvalue weighted by Crippen LogP contribution is -2.35. The average Bonchev–Trinajstić information content (AvgIpc) is 2.53. The summed E-state index contributed by atoms with van der Waals surface area (Å²) in [6.45, 7) is 20.2. The first-order chi connectivity index (χ1) is 11.6. The van der Waals surface area contributed by atoms with E-state index in [2.05, 4.69) is 46.4 Å². The Balaban J connectivity index is 2.24. The molecule has 1 aliphatic carbocycles. The van der Waals surface area contributed by atoms with Crippen LogP contribution in [0.3, 0.4) is 0 Å². The van der Waals surface area contributed by atoms with Gasteiger partial charge in [0.25, 0.3) is 0 Å². The highest BCUT2D eigenvalue weighted by Gasteiger charge is 2.33. The van der Waals surface area contributed by atoms with Gasteiger partial charge in [0.05, 0.1) is 12.1 Å². The molecule has 0 aromatic heterocycles. The molecule has 1 saturated carbocycles. The summed E-state index contributed by atoms with van der Waals surface area (Å²) < 4.78 is 5.95. The van der Waals surface area contributed by atoms with Crippen molar-refractivity contribution in [3.8, 4) is 0 Å². The molecule has 1 aromatic rings. The monoisotopic (exact) mass is 341 g/mol. The van der Waals surface area contributed by atoms with Crippen molar-refractivity contribution in [1.29, 1.82) is 0 Å². The van der Waals surface area contributed by atoms with Crippen LogP contribution in [0.2, 0.25) is 0 Å². The molecule has 0 heterocycles. The fourth-order valence-electron chi connectivity index (χ4n) is 3.82. The Morgan fingerprint density at radius 3 is 2.52 bits per heavy atom. The SMILES string of the molecule is [C-]#[N+]c1ccc(C(=O)O[C@H]2C[C@H](C)CC[C@H]2C(C)C)cc1C(C)(C)C. The van der Waals surface area contributed by atoms with E-state index < -0.39 is 0 Å². The highest BCUT2D eigenvalue weighted by atomic mass is 16.5. The third-order valence-electron chi connectivity index (χ3n) is 5.38. The number of hydrogen-bond donors (Lipinski definition) is 0. The molecule has 1 fully saturated rings. The number of carbonyl (C=O) groups is 1. The lowest BCUT2D eigenvalue weighted by molar-refractivity contribution is -0.0174. The molecule has 3 atom stereocenters. The zero-order valence-electron chi connectivity index (χ0n) is 16.4. The number of esters is 1. The minimum atomic E-state index is -0.258. The predicted molar refractivity (Wildman–Crippen MR) is 102 cm³/mol. The van der Waals surface area contributed by atoms with E-state index in [0.29, 0.717) is 29.0 Å². The molecular formula is C22H31NO2. The summed E-state index contributed by atoms with van der Waals surface area (Å²) in [6.07, 6.45) is 3.28. The summed E-state index contributed by atoms with van der Waals surface area (Å²) in [4.78, 5) is 16.4. The summed E-state index contributed by atoms with van der Waals surface area (Å²) in [6, 6.07) is 5.31. The van der Waals surface area contributed by atoms with Crippen molar-refractivity contribution in [1.82, 2.24) is 0 Å². The third-order valence-corrected chi connectivity index (χ3v) is 5.38. The van der Waals surface area contributed by atoms with Gasteiger partial charge in [0.2, 0.25) is 0 Å². The highest BCUT2D eigenvalue weighted by Crippen LogP contribution is 2.36. The number of hydrogen-bond acceptors (Lipinski definition) is 2. The molecule has 136 valence electrons. The molecule has 3 heteroatoms. The van der Waals surface area contributed by atoms with Crippen LogP contribution in [-0.4, -0.2) is 12.1 Å². The average molecular weight is 341 g/mol. The van der Waals surface area contributed by atoms with Gasteiger partial charge in [0, 0.05) is 0 Å². The largest absolute Gasteiger partial charge is 0.458 e. The van der Waals surface area contributed by atoms with Crippen molar-refractivity contribution >= 4 is 11.7 Å². The Morgan fingerprint density at radius 2 is 1.96 bits per heavy atom. The van der Waals surface area contributed by atoms with E-state index in [-0.39, 0.29) is 17.5 Å². The number of carbonyl (C=O) groups excluding carboxylic acids is 1. The number of ether oxygens (including phenoxy) is 1. The van der Waals surface area contributed by atoms with E-state index >= 15 is 0 Å². The number of rotatable bonds is 3. The summed E-state index contributed by atoms with van der Waals surface area (Å²) in [5.74, 6) is 1.29. The predicted octanol–water partition coefficient (Wildman–Crippen LogP) is 6.15. The van der Waals surface area contributed by atoms with E-state index in [4.69, 9.17) is 11.3 Å². The summed E-state index contributed by atoms with van der Waals surface area (Å²) in [5.41, 5.74) is 1.87. The van der Waals surface area contributed by atoms with Crippen LogP contribution in [0, 0.1) is 24.3 Å². The molecule has 2 rings (SSSR count). The van der Waals surface area contributed by atoms with Gasteiger partial charge in [-0.05, 0) is 41.6 Å². The Hall–Kier alpha value is -1.82. The van der Waals surface area contributed by atoms with Crippen molar-refractivity contribution in [2.75, 3.05) is 0 Å². The third kappa shape index (κ3) is 4.63. The fourth-order valence-corrected chi connectivity index (χ4v) is 3.82. The summed E-state index contributed by atoms with van der Waals surface area (Å²) in [5, 5.41) is 0.